The molecule has 0 radical (unpaired) electrons. The molecule has 0 aromatic rings. The Hall–Kier alpha value is -1.94. The van der Waals surface area contributed by atoms with Gasteiger partial charge in [0.05, 0.1) is 26.4 Å². The van der Waals surface area contributed by atoms with Crippen molar-refractivity contribution in [3.05, 3.63) is 0 Å². The minimum atomic E-state index is -4.95. The van der Waals surface area contributed by atoms with Gasteiger partial charge in [-0.3, -0.25) is 37.3 Å². The average Bonchev–Trinajstić information content (AvgIpc) is 3.67. The van der Waals surface area contributed by atoms with Gasteiger partial charge in [0.2, 0.25) is 0 Å². The molecule has 0 bridgehead atoms. The Bertz CT molecular complexity index is 1700. The van der Waals surface area contributed by atoms with Crippen molar-refractivity contribution in [3.63, 3.8) is 0 Å². The van der Waals surface area contributed by atoms with Crippen LogP contribution in [0.3, 0.4) is 0 Å². The number of aliphatic hydroxyl groups excluding tert-OH is 1. The van der Waals surface area contributed by atoms with Gasteiger partial charge in [-0.1, -0.05) is 280 Å². The van der Waals surface area contributed by atoms with E-state index in [0.29, 0.717) is 25.7 Å². The van der Waals surface area contributed by atoms with Crippen LogP contribution in [0.5, 0.6) is 0 Å². The molecule has 0 aliphatic heterocycles. The van der Waals surface area contributed by atoms with Crippen LogP contribution in [0.1, 0.15) is 331 Å². The van der Waals surface area contributed by atoms with Gasteiger partial charge in [-0.2, -0.15) is 0 Å². The van der Waals surface area contributed by atoms with Crippen molar-refractivity contribution in [2.45, 2.75) is 349 Å². The zero-order valence-corrected chi connectivity index (χ0v) is 57.6. The first-order valence-corrected chi connectivity index (χ1v) is 37.9. The molecule has 0 aliphatic rings. The van der Waals surface area contributed by atoms with Crippen molar-refractivity contribution in [3.8, 4) is 0 Å². The zero-order chi connectivity index (χ0) is 63.8. The fourth-order valence-corrected chi connectivity index (χ4v) is 11.6. The lowest BCUT2D eigenvalue weighted by atomic mass is 10.00. The van der Waals surface area contributed by atoms with E-state index in [4.69, 9.17) is 37.0 Å². The van der Waals surface area contributed by atoms with Crippen LogP contribution in [0.4, 0.5) is 0 Å². The third kappa shape index (κ3) is 59.7. The smallest absolute Gasteiger partial charge is 0.462 e. The number of hydrogen-bond acceptors (Lipinski definition) is 15. The second-order valence-electron chi connectivity index (χ2n) is 25.4. The Balaban J connectivity index is 5.21. The van der Waals surface area contributed by atoms with Gasteiger partial charge in [0.15, 0.2) is 12.2 Å². The van der Waals surface area contributed by atoms with Gasteiger partial charge >= 0.3 is 39.5 Å². The van der Waals surface area contributed by atoms with E-state index in [1.165, 1.54) is 135 Å². The molecule has 19 heteroatoms. The first-order valence-electron chi connectivity index (χ1n) is 34.9. The summed E-state index contributed by atoms with van der Waals surface area (Å²) in [6, 6.07) is 0. The zero-order valence-electron chi connectivity index (χ0n) is 55.8. The third-order valence-corrected chi connectivity index (χ3v) is 17.6. The highest BCUT2D eigenvalue weighted by molar-refractivity contribution is 7.47. The number of phosphoric acid groups is 2. The van der Waals surface area contributed by atoms with Crippen LogP contribution in [0, 0.1) is 17.8 Å². The van der Waals surface area contributed by atoms with E-state index >= 15 is 0 Å². The summed E-state index contributed by atoms with van der Waals surface area (Å²) in [7, 11) is -9.89. The molecule has 3 unspecified atom stereocenters. The molecule has 510 valence electrons. The van der Waals surface area contributed by atoms with Crippen molar-refractivity contribution >= 4 is 39.5 Å². The second kappa shape index (κ2) is 58.2. The fraction of sp³-hybridized carbons (Fsp3) is 0.940. The van der Waals surface area contributed by atoms with Crippen LogP contribution < -0.4 is 0 Å². The molecule has 0 amide bonds. The average molecular weight is 1270 g/mol. The van der Waals surface area contributed by atoms with E-state index in [9.17, 15) is 43.2 Å². The molecule has 0 heterocycles. The van der Waals surface area contributed by atoms with E-state index in [-0.39, 0.29) is 25.7 Å². The van der Waals surface area contributed by atoms with Crippen molar-refractivity contribution in [2.24, 2.45) is 17.8 Å². The summed E-state index contributed by atoms with van der Waals surface area (Å²) < 4.78 is 68.1. The maximum atomic E-state index is 13.0. The molecule has 17 nitrogen and oxygen atoms in total. The molecule has 6 atom stereocenters. The molecule has 0 aromatic carbocycles. The molecule has 0 aliphatic carbocycles. The molecule has 0 spiro atoms. The molecule has 0 saturated heterocycles. The maximum Gasteiger partial charge on any atom is 0.472 e. The van der Waals surface area contributed by atoms with E-state index in [2.05, 4.69) is 48.5 Å². The molecular weight excluding hydrogens is 1140 g/mol. The van der Waals surface area contributed by atoms with Crippen LogP contribution in [0.2, 0.25) is 0 Å². The van der Waals surface area contributed by atoms with Gasteiger partial charge in [-0.25, -0.2) is 9.13 Å². The summed E-state index contributed by atoms with van der Waals surface area (Å²) in [5.74, 6) is 0.106. The van der Waals surface area contributed by atoms with Crippen molar-refractivity contribution in [1.29, 1.82) is 0 Å². The minimum Gasteiger partial charge on any atom is -0.462 e. The first-order chi connectivity index (χ1) is 41.3. The van der Waals surface area contributed by atoms with Crippen molar-refractivity contribution in [1.82, 2.24) is 0 Å². The molecule has 3 N–H and O–H groups in total. The van der Waals surface area contributed by atoms with E-state index in [0.717, 1.165) is 114 Å². The second-order valence-corrected chi connectivity index (χ2v) is 28.3. The summed E-state index contributed by atoms with van der Waals surface area (Å²) in [4.78, 5) is 72.3. The Morgan fingerprint density at radius 1 is 0.337 bits per heavy atom. The lowest BCUT2D eigenvalue weighted by molar-refractivity contribution is -0.161. The monoisotopic (exact) mass is 1270 g/mol. The number of phosphoric ester groups is 2. The summed E-state index contributed by atoms with van der Waals surface area (Å²) in [5.41, 5.74) is 0. The highest BCUT2D eigenvalue weighted by Gasteiger charge is 2.30. The summed E-state index contributed by atoms with van der Waals surface area (Å²) >= 11 is 0. The third-order valence-electron chi connectivity index (χ3n) is 15.7. The number of rotatable bonds is 65. The Kier molecular flexibility index (Phi) is 56.9. The van der Waals surface area contributed by atoms with Crippen LogP contribution in [0.25, 0.3) is 0 Å². The molecule has 0 saturated carbocycles. The molecule has 0 rings (SSSR count). The lowest BCUT2D eigenvalue weighted by Gasteiger charge is -2.21. The number of carbonyl (C=O) groups is 4. The number of hydrogen-bond donors (Lipinski definition) is 3. The van der Waals surface area contributed by atoms with E-state index < -0.39 is 97.5 Å². The van der Waals surface area contributed by atoms with Crippen LogP contribution in [0.15, 0.2) is 0 Å². The summed E-state index contributed by atoms with van der Waals surface area (Å²) in [6.45, 7) is 11.7. The Morgan fingerprint density at radius 2 is 0.593 bits per heavy atom. The number of aliphatic hydroxyl groups is 1. The van der Waals surface area contributed by atoms with Crippen LogP contribution >= 0.6 is 15.6 Å². The lowest BCUT2D eigenvalue weighted by Crippen LogP contribution is -2.30. The highest BCUT2D eigenvalue weighted by Crippen LogP contribution is 2.45. The SMILES string of the molecule is CCCCCCCCCCC(=O)OC[C@H](COP(=O)(O)OC[C@H](O)COP(=O)(O)OC[C@@H](COC(=O)CCCCCCCCCCC(C)C)OC(=O)CCCCCCCCCCCCCCCCC(C)C)OC(=O)CCCCCCCCC(C)CC. The normalized spacial score (nSPS) is 14.6. The highest BCUT2D eigenvalue weighted by atomic mass is 31.2. The standard InChI is InChI=1S/C67H130O17P2/c1-8-10-11-12-13-26-34-41-48-64(69)77-55-63(84-67(72)51-44-37-30-29-33-40-47-60(7)9-2)57-82-86(75,76)80-53-61(68)52-79-85(73,74)81-56-62(54-78-65(70)49-42-35-27-23-22-25-32-39-46-59(5)6)83-66(71)50-43-36-28-21-19-17-15-14-16-18-20-24-31-38-45-58(3)4/h58-63,68H,8-57H2,1-7H3,(H,73,74)(H,75,76)/t60?,61-,62-,63-/m1/s1. The van der Waals surface area contributed by atoms with E-state index in [1.54, 1.807) is 0 Å². The van der Waals surface area contributed by atoms with Gasteiger partial charge in [0.25, 0.3) is 0 Å². The van der Waals surface area contributed by atoms with E-state index in [1.807, 2.05) is 0 Å². The van der Waals surface area contributed by atoms with Crippen molar-refractivity contribution in [2.75, 3.05) is 39.6 Å². The summed E-state index contributed by atoms with van der Waals surface area (Å²) in [5, 5.41) is 10.5. The van der Waals surface area contributed by atoms with Gasteiger partial charge < -0.3 is 33.8 Å². The summed E-state index contributed by atoms with van der Waals surface area (Å²) in [6.07, 6.45) is 40.4. The minimum absolute atomic E-state index is 0.102. The fourth-order valence-electron chi connectivity index (χ4n) is 9.98. The number of carbonyl (C=O) groups excluding carboxylic acids is 4. The first kappa shape index (κ1) is 84.1. The topological polar surface area (TPSA) is 237 Å². The van der Waals surface area contributed by atoms with Gasteiger partial charge in [0, 0.05) is 25.7 Å². The van der Waals surface area contributed by atoms with Gasteiger partial charge in [-0.15, -0.1) is 0 Å². The number of unbranched alkanes of at least 4 members (excludes halogenated alkanes) is 32. The molecular formula is C67H130O17P2. The molecule has 0 aromatic heterocycles. The van der Waals surface area contributed by atoms with Crippen molar-refractivity contribution < 1.29 is 80.2 Å². The molecule has 0 fully saturated rings. The maximum absolute atomic E-state index is 13.0. The predicted molar refractivity (Wildman–Crippen MR) is 344 cm³/mol. The van der Waals surface area contributed by atoms with Crippen LogP contribution in [-0.2, 0) is 65.4 Å². The predicted octanol–water partition coefficient (Wildman–Crippen LogP) is 18.7. The largest absolute Gasteiger partial charge is 0.472 e. The van der Waals surface area contributed by atoms with Gasteiger partial charge in [-0.05, 0) is 43.4 Å². The van der Waals surface area contributed by atoms with Gasteiger partial charge in [0.1, 0.15) is 19.3 Å². The Morgan fingerprint density at radius 3 is 0.884 bits per heavy atom. The molecule has 86 heavy (non-hydrogen) atoms. The Labute approximate surface area is 524 Å². The number of ether oxygens (including phenoxy) is 4. The quantitative estimate of drug-likeness (QED) is 0.0222. The van der Waals surface area contributed by atoms with Crippen LogP contribution in [-0.4, -0.2) is 96.7 Å². The number of esters is 4.